The van der Waals surface area contributed by atoms with Gasteiger partial charge < -0.3 is 13.9 Å². The Labute approximate surface area is 170 Å². The summed E-state index contributed by atoms with van der Waals surface area (Å²) in [5.74, 6) is 1.10. The average molecular weight is 384 g/mol. The molecule has 0 saturated heterocycles. The molecule has 5 rings (SSSR count). The molecule has 29 heavy (non-hydrogen) atoms. The molecule has 4 nitrogen and oxygen atoms in total. The Hall–Kier alpha value is -3.27. The molecule has 0 unspecified atom stereocenters. The smallest absolute Gasteiger partial charge is 0.254 e. The zero-order valence-corrected chi connectivity index (χ0v) is 16.8. The predicted octanol–water partition coefficient (Wildman–Crippen LogP) is 5.10. The molecule has 2 aromatic heterocycles. The van der Waals surface area contributed by atoms with Crippen molar-refractivity contribution in [2.75, 3.05) is 6.54 Å². The molecule has 146 valence electrons. The van der Waals surface area contributed by atoms with Gasteiger partial charge in [-0.25, -0.2) is 0 Å². The number of furan rings is 1. The molecule has 0 saturated carbocycles. The summed E-state index contributed by atoms with van der Waals surface area (Å²) >= 11 is 0. The fourth-order valence-electron chi connectivity index (χ4n) is 4.36. The highest BCUT2D eigenvalue weighted by molar-refractivity contribution is 5.99. The highest BCUT2D eigenvalue weighted by Gasteiger charge is 2.24. The van der Waals surface area contributed by atoms with Gasteiger partial charge in [-0.3, -0.25) is 4.79 Å². The standard InChI is InChI=1S/C25H24N2O2/c1-17-18(2)27(15-19-6-4-3-5-7-19)23-9-8-20(14-22(17)23)25(28)26-12-10-24-21(16-26)11-13-29-24/h3-9,11,13-14H,10,12,15-16H2,1-2H3. The average Bonchev–Trinajstić information content (AvgIpc) is 3.32. The molecular formula is C25H24N2O2. The summed E-state index contributed by atoms with van der Waals surface area (Å²) < 4.78 is 7.83. The second-order valence-corrected chi connectivity index (χ2v) is 7.86. The maximum atomic E-state index is 13.2. The maximum Gasteiger partial charge on any atom is 0.254 e. The fraction of sp³-hybridized carbons (Fsp3) is 0.240. The SMILES string of the molecule is Cc1c(C)n(Cc2ccccc2)c2ccc(C(=O)N3CCc4occc4C3)cc12. The van der Waals surface area contributed by atoms with Gasteiger partial charge in [0.2, 0.25) is 0 Å². The molecule has 4 heteroatoms. The van der Waals surface area contributed by atoms with Crippen LogP contribution in [0.15, 0.2) is 65.3 Å². The van der Waals surface area contributed by atoms with Gasteiger partial charge >= 0.3 is 0 Å². The number of hydrogen-bond acceptors (Lipinski definition) is 2. The van der Waals surface area contributed by atoms with Gasteiger partial charge in [0.05, 0.1) is 6.26 Å². The Morgan fingerprint density at radius 1 is 1.07 bits per heavy atom. The summed E-state index contributed by atoms with van der Waals surface area (Å²) in [7, 11) is 0. The second kappa shape index (κ2) is 6.96. The Balaban J connectivity index is 1.48. The topological polar surface area (TPSA) is 38.4 Å². The van der Waals surface area contributed by atoms with Gasteiger partial charge in [0.15, 0.2) is 0 Å². The number of benzene rings is 2. The molecular weight excluding hydrogens is 360 g/mol. The number of aromatic nitrogens is 1. The van der Waals surface area contributed by atoms with E-state index in [0.29, 0.717) is 13.1 Å². The molecule has 1 amide bonds. The number of hydrogen-bond donors (Lipinski definition) is 0. The predicted molar refractivity (Wildman–Crippen MR) is 114 cm³/mol. The van der Waals surface area contributed by atoms with Crippen molar-refractivity contribution in [1.82, 2.24) is 9.47 Å². The molecule has 3 heterocycles. The van der Waals surface area contributed by atoms with Gasteiger partial charge in [-0.05, 0) is 49.2 Å². The van der Waals surface area contributed by atoms with E-state index in [2.05, 4.69) is 54.8 Å². The minimum absolute atomic E-state index is 0.0895. The van der Waals surface area contributed by atoms with Crippen LogP contribution < -0.4 is 0 Å². The van der Waals surface area contributed by atoms with Crippen molar-refractivity contribution in [3.63, 3.8) is 0 Å². The monoisotopic (exact) mass is 384 g/mol. The van der Waals surface area contributed by atoms with Crippen molar-refractivity contribution in [3.05, 3.63) is 94.6 Å². The largest absolute Gasteiger partial charge is 0.469 e. The summed E-state index contributed by atoms with van der Waals surface area (Å²) in [6.45, 7) is 6.46. The van der Waals surface area contributed by atoms with Gasteiger partial charge in [0, 0.05) is 53.8 Å². The first-order valence-electron chi connectivity index (χ1n) is 10.1. The van der Waals surface area contributed by atoms with E-state index in [9.17, 15) is 4.79 Å². The number of amides is 1. The molecule has 4 aromatic rings. The molecule has 1 aliphatic heterocycles. The number of nitrogens with zero attached hydrogens (tertiary/aromatic N) is 2. The van der Waals surface area contributed by atoms with E-state index in [-0.39, 0.29) is 5.91 Å². The van der Waals surface area contributed by atoms with Crippen LogP contribution in [0.25, 0.3) is 10.9 Å². The third kappa shape index (κ3) is 3.05. The van der Waals surface area contributed by atoms with Crippen molar-refractivity contribution in [2.45, 2.75) is 33.4 Å². The van der Waals surface area contributed by atoms with Crippen LogP contribution in [0.5, 0.6) is 0 Å². The molecule has 0 fully saturated rings. The summed E-state index contributed by atoms with van der Waals surface area (Å²) in [6.07, 6.45) is 2.49. The van der Waals surface area contributed by atoms with Crippen molar-refractivity contribution < 1.29 is 9.21 Å². The van der Waals surface area contributed by atoms with Crippen LogP contribution in [0.3, 0.4) is 0 Å². The summed E-state index contributed by atoms with van der Waals surface area (Å²) in [6, 6.07) is 18.6. The Bertz CT molecular complexity index is 1200. The molecule has 0 atom stereocenters. The van der Waals surface area contributed by atoms with E-state index >= 15 is 0 Å². The highest BCUT2D eigenvalue weighted by atomic mass is 16.3. The van der Waals surface area contributed by atoms with E-state index < -0.39 is 0 Å². The van der Waals surface area contributed by atoms with Gasteiger partial charge in [0.1, 0.15) is 5.76 Å². The minimum atomic E-state index is 0.0895. The Morgan fingerprint density at radius 3 is 2.72 bits per heavy atom. The zero-order valence-electron chi connectivity index (χ0n) is 16.8. The summed E-state index contributed by atoms with van der Waals surface area (Å²) in [4.78, 5) is 15.1. The number of rotatable bonds is 3. The molecule has 0 radical (unpaired) electrons. The Morgan fingerprint density at radius 2 is 1.90 bits per heavy atom. The number of fused-ring (bicyclic) bond motifs is 2. The van der Waals surface area contributed by atoms with E-state index in [1.54, 1.807) is 6.26 Å². The minimum Gasteiger partial charge on any atom is -0.469 e. The lowest BCUT2D eigenvalue weighted by Gasteiger charge is -2.26. The van der Waals surface area contributed by atoms with Crippen LogP contribution in [0, 0.1) is 13.8 Å². The van der Waals surface area contributed by atoms with Gasteiger partial charge in [-0.15, -0.1) is 0 Å². The number of aryl methyl sites for hydroxylation is 1. The maximum absolute atomic E-state index is 13.2. The van der Waals surface area contributed by atoms with Crippen LogP contribution in [-0.4, -0.2) is 21.9 Å². The molecule has 0 spiro atoms. The van der Waals surface area contributed by atoms with Crippen LogP contribution in [0.4, 0.5) is 0 Å². The van der Waals surface area contributed by atoms with Crippen LogP contribution in [-0.2, 0) is 19.5 Å². The molecule has 0 aliphatic carbocycles. The zero-order chi connectivity index (χ0) is 20.0. The first-order valence-corrected chi connectivity index (χ1v) is 10.1. The van der Waals surface area contributed by atoms with E-state index in [0.717, 1.165) is 35.2 Å². The first kappa shape index (κ1) is 17.8. The number of carbonyl (C=O) groups is 1. The second-order valence-electron chi connectivity index (χ2n) is 7.86. The molecule has 0 bridgehead atoms. The van der Waals surface area contributed by atoms with Crippen molar-refractivity contribution in [1.29, 1.82) is 0 Å². The number of carbonyl (C=O) groups excluding carboxylic acids is 1. The lowest BCUT2D eigenvalue weighted by molar-refractivity contribution is 0.0730. The Kier molecular flexibility index (Phi) is 4.27. The van der Waals surface area contributed by atoms with E-state index in [1.165, 1.54) is 22.3 Å². The normalized spacial score (nSPS) is 13.7. The van der Waals surface area contributed by atoms with Crippen LogP contribution in [0.2, 0.25) is 0 Å². The van der Waals surface area contributed by atoms with Crippen LogP contribution >= 0.6 is 0 Å². The fourth-order valence-corrected chi connectivity index (χ4v) is 4.36. The third-order valence-corrected chi connectivity index (χ3v) is 6.16. The molecule has 1 aliphatic rings. The van der Waals surface area contributed by atoms with Crippen LogP contribution in [0.1, 0.15) is 38.5 Å². The highest BCUT2D eigenvalue weighted by Crippen LogP contribution is 2.28. The lowest BCUT2D eigenvalue weighted by atomic mass is 10.1. The van der Waals surface area contributed by atoms with Crippen molar-refractivity contribution in [2.24, 2.45) is 0 Å². The summed E-state index contributed by atoms with van der Waals surface area (Å²) in [5.41, 5.74) is 6.81. The third-order valence-electron chi connectivity index (χ3n) is 6.16. The van der Waals surface area contributed by atoms with Crippen molar-refractivity contribution in [3.8, 4) is 0 Å². The lowest BCUT2D eigenvalue weighted by Crippen LogP contribution is -2.35. The summed E-state index contributed by atoms with van der Waals surface area (Å²) in [5, 5.41) is 1.16. The van der Waals surface area contributed by atoms with Gasteiger partial charge in [-0.2, -0.15) is 0 Å². The molecule has 0 N–H and O–H groups in total. The van der Waals surface area contributed by atoms with Crippen molar-refractivity contribution >= 4 is 16.8 Å². The first-order chi connectivity index (χ1) is 14.1. The molecule has 2 aromatic carbocycles. The van der Waals surface area contributed by atoms with E-state index in [4.69, 9.17) is 4.42 Å². The van der Waals surface area contributed by atoms with Gasteiger partial charge in [-0.1, -0.05) is 30.3 Å². The van der Waals surface area contributed by atoms with E-state index in [1.807, 2.05) is 23.1 Å². The van der Waals surface area contributed by atoms with Gasteiger partial charge in [0.25, 0.3) is 5.91 Å². The quantitative estimate of drug-likeness (QED) is 0.493.